The second-order valence-electron chi connectivity index (χ2n) is 19.4. The molecule has 0 aliphatic carbocycles. The minimum atomic E-state index is -1.96. The Morgan fingerprint density at radius 1 is 0.539 bits per heavy atom. The number of hydrogen-bond acceptors (Lipinski definition) is 14. The molecular formula is C50H78N12O14. The highest BCUT2D eigenvalue weighted by Gasteiger charge is 2.40. The number of rotatable bonds is 24. The number of phenolic OH excluding ortho intramolecular Hbond substituents is 1. The number of aliphatic hydroxyl groups excluding tert-OH is 1. The molecule has 0 bridgehead atoms. The molecule has 76 heavy (non-hydrogen) atoms. The summed E-state index contributed by atoms with van der Waals surface area (Å²) in [4.78, 5) is 162. The van der Waals surface area contributed by atoms with Crippen LogP contribution in [0.5, 0.6) is 5.75 Å². The van der Waals surface area contributed by atoms with E-state index in [4.69, 9.17) is 22.9 Å². The molecule has 2 aliphatic rings. The van der Waals surface area contributed by atoms with Crippen molar-refractivity contribution in [2.75, 3.05) is 13.2 Å². The van der Waals surface area contributed by atoms with E-state index in [1.807, 2.05) is 0 Å². The lowest BCUT2D eigenvalue weighted by Gasteiger charge is -2.31. The molecule has 1 aromatic carbocycles. The number of nitrogens with two attached hydrogens (primary N) is 4. The van der Waals surface area contributed by atoms with Crippen LogP contribution in [-0.2, 0) is 64.0 Å². The van der Waals surface area contributed by atoms with E-state index in [2.05, 4.69) is 44.1 Å². The Hall–Kier alpha value is -7.38. The number of aromatic hydroxyl groups is 1. The molecule has 0 saturated carbocycles. The maximum atomic E-state index is 14.3. The van der Waals surface area contributed by atoms with E-state index in [0.29, 0.717) is 18.4 Å². The number of fused-ring (bicyclic) bond motifs is 1. The number of nitrogens with one attached hydrogen (secondary N) is 7. The summed E-state index contributed by atoms with van der Waals surface area (Å²) in [5, 5.41) is 37.0. The number of primary amides is 4. The number of benzene rings is 1. The number of amides is 12. The van der Waals surface area contributed by atoms with E-state index in [9.17, 15) is 67.7 Å². The number of carbonyl (C=O) groups is 12. The van der Waals surface area contributed by atoms with E-state index < -0.39 is 164 Å². The smallest absolute Gasteiger partial charge is 0.245 e. The van der Waals surface area contributed by atoms with Crippen LogP contribution in [0.3, 0.4) is 0 Å². The molecule has 26 nitrogen and oxygen atoms in total. The fourth-order valence-electron chi connectivity index (χ4n) is 8.97. The minimum absolute atomic E-state index is 0.00863. The van der Waals surface area contributed by atoms with Crippen molar-refractivity contribution >= 4 is 70.9 Å². The number of aliphatic hydroxyl groups is 1. The predicted molar refractivity (Wildman–Crippen MR) is 273 cm³/mol. The Kier molecular flexibility index (Phi) is 27.2. The second kappa shape index (κ2) is 32.8. The number of phenols is 1. The fraction of sp³-hybridized carbons (Fsp3) is 0.640. The Labute approximate surface area is 441 Å². The highest BCUT2D eigenvalue weighted by Crippen LogP contribution is 2.22. The van der Waals surface area contributed by atoms with E-state index in [1.165, 1.54) is 48.4 Å². The van der Waals surface area contributed by atoms with Gasteiger partial charge in [0.15, 0.2) is 0 Å². The summed E-state index contributed by atoms with van der Waals surface area (Å²) in [6.07, 6.45) is 7.72. The van der Waals surface area contributed by atoms with Crippen LogP contribution in [0.2, 0.25) is 0 Å². The van der Waals surface area contributed by atoms with Gasteiger partial charge in [-0.3, -0.25) is 57.5 Å². The molecule has 17 N–H and O–H groups in total. The van der Waals surface area contributed by atoms with Crippen molar-refractivity contribution in [1.82, 2.24) is 42.1 Å². The molecule has 8 atom stereocenters. The minimum Gasteiger partial charge on any atom is -0.508 e. The van der Waals surface area contributed by atoms with Crippen LogP contribution in [0.15, 0.2) is 24.3 Å². The second-order valence-corrected chi connectivity index (χ2v) is 19.4. The summed E-state index contributed by atoms with van der Waals surface area (Å²) >= 11 is 0. The highest BCUT2D eigenvalue weighted by molar-refractivity contribution is 6.00. The first-order valence-corrected chi connectivity index (χ1v) is 26.1. The third-order valence-electron chi connectivity index (χ3n) is 13.0. The van der Waals surface area contributed by atoms with Crippen molar-refractivity contribution < 1.29 is 67.7 Å². The Balaban J connectivity index is 2.10. The zero-order valence-corrected chi connectivity index (χ0v) is 43.2. The van der Waals surface area contributed by atoms with Gasteiger partial charge in [-0.2, -0.15) is 0 Å². The lowest BCUT2D eigenvalue weighted by atomic mass is 10.0. The number of nitrogens with zero attached hydrogens (tertiary/aromatic N) is 1. The quantitative estimate of drug-likeness (QED) is 0.0469. The largest absolute Gasteiger partial charge is 0.508 e. The van der Waals surface area contributed by atoms with Crippen LogP contribution >= 0.6 is 0 Å². The predicted octanol–water partition coefficient (Wildman–Crippen LogP) is -2.69. The van der Waals surface area contributed by atoms with E-state index in [-0.39, 0.29) is 31.6 Å². The molecule has 2 aliphatic heterocycles. The van der Waals surface area contributed by atoms with Gasteiger partial charge in [0.25, 0.3) is 0 Å². The van der Waals surface area contributed by atoms with Crippen molar-refractivity contribution in [3.05, 3.63) is 29.8 Å². The average Bonchev–Trinajstić information content (AvgIpc) is 3.85. The van der Waals surface area contributed by atoms with E-state index in [1.54, 1.807) is 0 Å². The molecule has 0 aromatic heterocycles. The molecule has 12 amide bonds. The number of carbonyl (C=O) groups excluding carboxylic acids is 12. The highest BCUT2D eigenvalue weighted by atomic mass is 16.3. The maximum absolute atomic E-state index is 14.3. The lowest BCUT2D eigenvalue weighted by Crippen LogP contribution is -2.61. The molecule has 0 spiro atoms. The first-order valence-electron chi connectivity index (χ1n) is 26.1. The topological polar surface area (TPSA) is 437 Å². The van der Waals surface area contributed by atoms with Gasteiger partial charge in [0, 0.05) is 31.8 Å². The van der Waals surface area contributed by atoms with Gasteiger partial charge in [0.2, 0.25) is 70.9 Å². The molecule has 26 heteroatoms. The van der Waals surface area contributed by atoms with Gasteiger partial charge in [-0.05, 0) is 43.4 Å². The third-order valence-corrected chi connectivity index (χ3v) is 13.0. The average molecular weight is 1070 g/mol. The summed E-state index contributed by atoms with van der Waals surface area (Å²) in [7, 11) is 0. The van der Waals surface area contributed by atoms with E-state index >= 15 is 0 Å². The molecule has 1 aromatic rings. The van der Waals surface area contributed by atoms with Gasteiger partial charge in [-0.1, -0.05) is 89.7 Å². The SMILES string of the molecule is CCCCCCCCCCCCC[C@@H]1CC(=O)N[C@H](CC(N)=O)C(=O)N[C@H](Cc2ccc(O)cc2)C(=O)N[C@H](CC(N)=O)C(=O)N[C@@H](CO)C(=O)N[C@@H](CC(N)=O)C(=O)N[C@@H](CCC(N)=O)C(=O)N2CCC[C@@H]2C(=O)N1. The van der Waals surface area contributed by atoms with Crippen molar-refractivity contribution in [2.45, 2.75) is 190 Å². The first-order chi connectivity index (χ1) is 36.1. The van der Waals surface area contributed by atoms with Crippen molar-refractivity contribution in [3.8, 4) is 5.75 Å². The summed E-state index contributed by atoms with van der Waals surface area (Å²) in [5.41, 5.74) is 22.1. The summed E-state index contributed by atoms with van der Waals surface area (Å²) in [6, 6.07) is -7.39. The van der Waals surface area contributed by atoms with Gasteiger partial charge in [0.1, 0.15) is 48.0 Å². The van der Waals surface area contributed by atoms with Gasteiger partial charge in [-0.25, -0.2) is 0 Å². The summed E-state index contributed by atoms with van der Waals surface area (Å²) in [6.45, 7) is 0.996. The number of hydrogen-bond donors (Lipinski definition) is 13. The zero-order chi connectivity index (χ0) is 56.3. The van der Waals surface area contributed by atoms with Gasteiger partial charge in [0.05, 0.1) is 25.9 Å². The van der Waals surface area contributed by atoms with Gasteiger partial charge in [-0.15, -0.1) is 0 Å². The standard InChI is InChI=1S/C50H78N12O14/c1-2-3-4-5-6-7-8-9-10-11-12-14-30-24-43(69)56-34(25-40(52)66)45(71)58-33(23-29-16-18-31(64)19-17-29)44(70)59-36(27-42(54)68)47(73)61-37(28-63)48(74)60-35(26-41(53)67)46(72)57-32(20-21-39(51)65)50(76)62-22-13-15-38(62)49(75)55-30/h16-19,30,32-38,63-64H,2-15,20-28H2,1H3,(H2,51,65)(H2,52,66)(H2,53,67)(H2,54,68)(H,55,75)(H,56,69)(H,57,72)(H,58,71)(H,59,70)(H,60,74)(H,61,73)/t30-,32+,33-,34-,35+,36-,37+,38-/m1/s1. The molecule has 2 saturated heterocycles. The van der Waals surface area contributed by atoms with Crippen LogP contribution in [0, 0.1) is 0 Å². The van der Waals surface area contributed by atoms with Gasteiger partial charge < -0.3 is 75.3 Å². The Morgan fingerprint density at radius 3 is 1.49 bits per heavy atom. The number of unbranched alkanes of at least 4 members (excludes halogenated alkanes) is 10. The third kappa shape index (κ3) is 22.6. The molecule has 0 radical (unpaired) electrons. The van der Waals surface area contributed by atoms with Crippen LogP contribution in [-0.4, -0.2) is 147 Å². The summed E-state index contributed by atoms with van der Waals surface area (Å²) < 4.78 is 0. The molecule has 3 rings (SSSR count). The Bertz CT molecular complexity index is 2200. The van der Waals surface area contributed by atoms with Crippen molar-refractivity contribution in [2.24, 2.45) is 22.9 Å². The van der Waals surface area contributed by atoms with Gasteiger partial charge >= 0.3 is 0 Å². The maximum Gasteiger partial charge on any atom is 0.245 e. The molecule has 2 fully saturated rings. The van der Waals surface area contributed by atoms with Crippen LogP contribution < -0.4 is 60.2 Å². The fourth-order valence-corrected chi connectivity index (χ4v) is 8.97. The molecule has 2 heterocycles. The zero-order valence-electron chi connectivity index (χ0n) is 43.2. The first kappa shape index (κ1) is 62.9. The summed E-state index contributed by atoms with van der Waals surface area (Å²) in [5.74, 6) is -12.7. The van der Waals surface area contributed by atoms with Crippen LogP contribution in [0.25, 0.3) is 0 Å². The lowest BCUT2D eigenvalue weighted by molar-refractivity contribution is -0.142. The van der Waals surface area contributed by atoms with Crippen molar-refractivity contribution in [1.29, 1.82) is 0 Å². The Morgan fingerprint density at radius 2 is 0.987 bits per heavy atom. The van der Waals surface area contributed by atoms with Crippen molar-refractivity contribution in [3.63, 3.8) is 0 Å². The molecular weight excluding hydrogens is 993 g/mol. The molecule has 422 valence electrons. The van der Waals surface area contributed by atoms with Crippen LogP contribution in [0.4, 0.5) is 0 Å². The van der Waals surface area contributed by atoms with E-state index in [0.717, 1.165) is 44.9 Å². The molecule has 0 unspecified atom stereocenters. The van der Waals surface area contributed by atoms with Crippen LogP contribution in [0.1, 0.15) is 141 Å². The normalized spacial score (nSPS) is 23.7. The monoisotopic (exact) mass is 1070 g/mol.